The Labute approximate surface area is 75.5 Å². The van der Waals surface area contributed by atoms with Gasteiger partial charge < -0.3 is 15.9 Å². The fraction of sp³-hybridized carbons (Fsp3) is 1.00. The molecular formula is C8H15F2NO2. The molecular weight excluding hydrogens is 180 g/mol. The Hall–Kier alpha value is -0.260. The van der Waals surface area contributed by atoms with Gasteiger partial charge in [-0.15, -0.1) is 0 Å². The first-order valence-electron chi connectivity index (χ1n) is 4.42. The highest BCUT2D eigenvalue weighted by Crippen LogP contribution is 2.42. The zero-order chi connectivity index (χ0) is 10.0. The fourth-order valence-electron chi connectivity index (χ4n) is 1.51. The lowest BCUT2D eigenvalue weighted by atomic mass is 9.93. The summed E-state index contributed by atoms with van der Waals surface area (Å²) in [7, 11) is 0. The predicted octanol–water partition coefficient (Wildman–Crippen LogP) is -0.0418. The van der Waals surface area contributed by atoms with Gasteiger partial charge in [0.05, 0.1) is 18.1 Å². The summed E-state index contributed by atoms with van der Waals surface area (Å²) in [5.74, 6) is -1.25. The standard InChI is InChI=1S/C8H15F2NO2/c9-8(10)6(4-1-2-4)7(13)5(12)3-11/h4-8,12-13H,1-3,11H2. The van der Waals surface area contributed by atoms with E-state index in [2.05, 4.69) is 0 Å². The number of aliphatic hydroxyl groups excluding tert-OH is 2. The van der Waals surface area contributed by atoms with Gasteiger partial charge in [-0.05, 0) is 18.8 Å². The van der Waals surface area contributed by atoms with Crippen LogP contribution in [-0.4, -0.2) is 35.4 Å². The van der Waals surface area contributed by atoms with Crippen molar-refractivity contribution in [3.8, 4) is 0 Å². The highest BCUT2D eigenvalue weighted by atomic mass is 19.3. The van der Waals surface area contributed by atoms with Gasteiger partial charge >= 0.3 is 0 Å². The minimum Gasteiger partial charge on any atom is -0.390 e. The molecule has 0 aromatic heterocycles. The Kier molecular flexibility index (Phi) is 3.58. The lowest BCUT2D eigenvalue weighted by Gasteiger charge is -2.25. The Morgan fingerprint density at radius 2 is 1.85 bits per heavy atom. The van der Waals surface area contributed by atoms with Crippen molar-refractivity contribution in [3.05, 3.63) is 0 Å². The topological polar surface area (TPSA) is 66.5 Å². The third kappa shape index (κ3) is 2.59. The van der Waals surface area contributed by atoms with Gasteiger partial charge in [-0.2, -0.15) is 0 Å². The summed E-state index contributed by atoms with van der Waals surface area (Å²) in [4.78, 5) is 0. The lowest BCUT2D eigenvalue weighted by molar-refractivity contribution is -0.0739. The maximum atomic E-state index is 12.4. The van der Waals surface area contributed by atoms with Crippen molar-refractivity contribution in [2.75, 3.05) is 6.54 Å². The van der Waals surface area contributed by atoms with E-state index in [1.54, 1.807) is 0 Å². The molecule has 5 heteroatoms. The summed E-state index contributed by atoms with van der Waals surface area (Å²) in [5.41, 5.74) is 5.08. The Morgan fingerprint density at radius 1 is 1.31 bits per heavy atom. The summed E-state index contributed by atoms with van der Waals surface area (Å²) in [5, 5.41) is 18.5. The van der Waals surface area contributed by atoms with Crippen molar-refractivity contribution in [1.82, 2.24) is 0 Å². The molecule has 0 saturated heterocycles. The molecule has 1 fully saturated rings. The van der Waals surface area contributed by atoms with Crippen LogP contribution < -0.4 is 5.73 Å². The van der Waals surface area contributed by atoms with Crippen molar-refractivity contribution < 1.29 is 19.0 Å². The van der Waals surface area contributed by atoms with E-state index in [1.165, 1.54) is 0 Å². The SMILES string of the molecule is NCC(O)C(O)C(C(F)F)C1CC1. The molecule has 3 nitrogen and oxygen atoms in total. The summed E-state index contributed by atoms with van der Waals surface area (Å²) < 4.78 is 24.9. The molecule has 0 heterocycles. The van der Waals surface area contributed by atoms with Crippen LogP contribution in [0, 0.1) is 11.8 Å². The summed E-state index contributed by atoms with van der Waals surface area (Å²) >= 11 is 0. The second-order valence-electron chi connectivity index (χ2n) is 3.54. The van der Waals surface area contributed by atoms with Gasteiger partial charge in [0.1, 0.15) is 0 Å². The average Bonchev–Trinajstić information content (AvgIpc) is 2.86. The van der Waals surface area contributed by atoms with E-state index in [0.717, 1.165) is 0 Å². The van der Waals surface area contributed by atoms with Gasteiger partial charge in [0.15, 0.2) is 0 Å². The van der Waals surface area contributed by atoms with E-state index in [9.17, 15) is 13.9 Å². The van der Waals surface area contributed by atoms with Crippen molar-refractivity contribution in [3.63, 3.8) is 0 Å². The molecule has 3 atom stereocenters. The molecule has 0 aromatic carbocycles. The third-order valence-corrected chi connectivity index (χ3v) is 2.49. The Morgan fingerprint density at radius 3 is 2.15 bits per heavy atom. The van der Waals surface area contributed by atoms with E-state index in [0.29, 0.717) is 12.8 Å². The third-order valence-electron chi connectivity index (χ3n) is 2.49. The largest absolute Gasteiger partial charge is 0.390 e. The number of hydrogen-bond donors (Lipinski definition) is 3. The van der Waals surface area contributed by atoms with E-state index in [-0.39, 0.29) is 12.5 Å². The highest BCUT2D eigenvalue weighted by Gasteiger charge is 2.43. The molecule has 1 aliphatic carbocycles. The number of aliphatic hydroxyl groups is 2. The number of hydrogen-bond acceptors (Lipinski definition) is 3. The van der Waals surface area contributed by atoms with Crippen LogP contribution in [0.2, 0.25) is 0 Å². The molecule has 1 saturated carbocycles. The second-order valence-corrected chi connectivity index (χ2v) is 3.54. The first-order valence-corrected chi connectivity index (χ1v) is 4.42. The molecule has 0 spiro atoms. The zero-order valence-electron chi connectivity index (χ0n) is 7.24. The maximum absolute atomic E-state index is 12.4. The fourth-order valence-corrected chi connectivity index (χ4v) is 1.51. The smallest absolute Gasteiger partial charge is 0.244 e. The molecule has 0 aliphatic heterocycles. The van der Waals surface area contributed by atoms with Gasteiger partial charge in [0.2, 0.25) is 6.43 Å². The normalized spacial score (nSPS) is 24.5. The highest BCUT2D eigenvalue weighted by molar-refractivity contribution is 4.90. The Bertz CT molecular complexity index is 162. The van der Waals surface area contributed by atoms with E-state index in [4.69, 9.17) is 10.8 Å². The van der Waals surface area contributed by atoms with Crippen LogP contribution in [0.3, 0.4) is 0 Å². The van der Waals surface area contributed by atoms with E-state index < -0.39 is 24.6 Å². The van der Waals surface area contributed by atoms with Crippen LogP contribution in [0.15, 0.2) is 0 Å². The van der Waals surface area contributed by atoms with Crippen molar-refractivity contribution in [2.45, 2.75) is 31.5 Å². The zero-order valence-corrected chi connectivity index (χ0v) is 7.24. The molecule has 4 N–H and O–H groups in total. The summed E-state index contributed by atoms with van der Waals surface area (Å²) in [6.07, 6.45) is -3.78. The van der Waals surface area contributed by atoms with Gasteiger partial charge in [0, 0.05) is 6.54 Å². The molecule has 3 unspecified atom stereocenters. The minimum absolute atomic E-state index is 0.142. The number of alkyl halides is 2. The van der Waals surface area contributed by atoms with Crippen LogP contribution >= 0.6 is 0 Å². The van der Waals surface area contributed by atoms with Crippen LogP contribution in [0.4, 0.5) is 8.78 Å². The number of halogens is 2. The molecule has 0 bridgehead atoms. The van der Waals surface area contributed by atoms with Crippen LogP contribution in [0.1, 0.15) is 12.8 Å². The van der Waals surface area contributed by atoms with Gasteiger partial charge in [-0.1, -0.05) is 0 Å². The van der Waals surface area contributed by atoms with Crippen LogP contribution in [0.5, 0.6) is 0 Å². The average molecular weight is 195 g/mol. The van der Waals surface area contributed by atoms with Crippen molar-refractivity contribution in [2.24, 2.45) is 17.6 Å². The lowest BCUT2D eigenvalue weighted by Crippen LogP contribution is -2.42. The van der Waals surface area contributed by atoms with Crippen LogP contribution in [0.25, 0.3) is 0 Å². The number of nitrogens with two attached hydrogens (primary N) is 1. The molecule has 1 aliphatic rings. The maximum Gasteiger partial charge on any atom is 0.244 e. The second kappa shape index (κ2) is 4.30. The first-order chi connectivity index (χ1) is 6.07. The minimum atomic E-state index is -2.58. The monoisotopic (exact) mass is 195 g/mol. The molecule has 13 heavy (non-hydrogen) atoms. The van der Waals surface area contributed by atoms with E-state index >= 15 is 0 Å². The van der Waals surface area contributed by atoms with Crippen molar-refractivity contribution in [1.29, 1.82) is 0 Å². The summed E-state index contributed by atoms with van der Waals surface area (Å²) in [6.45, 7) is -0.183. The van der Waals surface area contributed by atoms with Gasteiger partial charge in [-0.3, -0.25) is 0 Å². The van der Waals surface area contributed by atoms with Crippen molar-refractivity contribution >= 4 is 0 Å². The van der Waals surface area contributed by atoms with Crippen LogP contribution in [-0.2, 0) is 0 Å². The first kappa shape index (κ1) is 10.8. The molecule has 0 aromatic rings. The van der Waals surface area contributed by atoms with Gasteiger partial charge in [0.25, 0.3) is 0 Å². The molecule has 1 rings (SSSR count). The quantitative estimate of drug-likeness (QED) is 0.576. The molecule has 0 amide bonds. The van der Waals surface area contributed by atoms with E-state index in [1.807, 2.05) is 0 Å². The molecule has 0 radical (unpaired) electrons. The predicted molar refractivity (Wildman–Crippen MR) is 43.3 cm³/mol. The van der Waals surface area contributed by atoms with Gasteiger partial charge in [-0.25, -0.2) is 8.78 Å². The Balaban J connectivity index is 2.52. The summed E-state index contributed by atoms with van der Waals surface area (Å²) in [6, 6.07) is 0. The molecule has 78 valence electrons. The number of rotatable bonds is 5.